The normalized spacial score (nSPS) is 10.1. The smallest absolute Gasteiger partial charge is 0.399 e. The molecular formula is C8H11FNO4P. The van der Waals surface area contributed by atoms with E-state index in [0.29, 0.717) is 0 Å². The van der Waals surface area contributed by atoms with Crippen molar-refractivity contribution in [3.63, 3.8) is 0 Å². The van der Waals surface area contributed by atoms with Crippen LogP contribution in [-0.2, 0) is 9.29 Å². The Balaban J connectivity index is 0.000000288. The van der Waals surface area contributed by atoms with Crippen LogP contribution in [-0.4, -0.2) is 9.79 Å². The maximum Gasteiger partial charge on any atom is 0.500 e. The SMILES string of the molecule is C=Cc1ccc(N)cc1.O=P(O)(O)OF. The first-order chi connectivity index (χ1) is 6.89. The van der Waals surface area contributed by atoms with Crippen molar-refractivity contribution in [2.75, 3.05) is 5.73 Å². The second-order valence-corrected chi connectivity index (χ2v) is 3.55. The lowest BCUT2D eigenvalue weighted by Crippen LogP contribution is -1.81. The standard InChI is InChI=1S/C8H9N.FH2O4P/c1-2-7-3-5-8(9)6-4-7;1-5-6(2,3)4/h2-6H,1,9H2;(H2,2,3,4). The van der Waals surface area contributed by atoms with Crippen molar-refractivity contribution >= 4 is 19.6 Å². The van der Waals surface area contributed by atoms with Gasteiger partial charge in [0.05, 0.1) is 0 Å². The average molecular weight is 235 g/mol. The van der Waals surface area contributed by atoms with Crippen LogP contribution >= 0.6 is 7.82 Å². The van der Waals surface area contributed by atoms with Gasteiger partial charge in [-0.05, 0) is 22.2 Å². The Morgan fingerprint density at radius 3 is 2.07 bits per heavy atom. The summed E-state index contributed by atoms with van der Waals surface area (Å²) in [6.07, 6.45) is 1.79. The minimum Gasteiger partial charge on any atom is -0.399 e. The summed E-state index contributed by atoms with van der Waals surface area (Å²) < 4.78 is 21.4. The van der Waals surface area contributed by atoms with Crippen molar-refractivity contribution in [1.29, 1.82) is 0 Å². The highest BCUT2D eigenvalue weighted by atomic mass is 31.2. The summed E-state index contributed by atoms with van der Waals surface area (Å²) in [7, 11) is -4.81. The molecule has 1 rings (SSSR count). The fourth-order valence-electron chi connectivity index (χ4n) is 0.632. The van der Waals surface area contributed by atoms with Crippen LogP contribution in [0.5, 0.6) is 0 Å². The van der Waals surface area contributed by atoms with E-state index in [4.69, 9.17) is 20.1 Å². The lowest BCUT2D eigenvalue weighted by molar-refractivity contribution is -0.0389. The Hall–Kier alpha value is -1.20. The van der Waals surface area contributed by atoms with Gasteiger partial charge in [0.25, 0.3) is 0 Å². The third kappa shape index (κ3) is 7.84. The van der Waals surface area contributed by atoms with Gasteiger partial charge in [-0.3, -0.25) is 0 Å². The molecule has 0 amide bonds. The molecule has 7 heteroatoms. The summed E-state index contributed by atoms with van der Waals surface area (Å²) >= 11 is 0. The summed E-state index contributed by atoms with van der Waals surface area (Å²) in [5, 5.41) is 0. The van der Waals surface area contributed by atoms with Crippen LogP contribution in [0.15, 0.2) is 30.8 Å². The number of anilines is 1. The van der Waals surface area contributed by atoms with Gasteiger partial charge in [0.15, 0.2) is 0 Å². The number of hydrogen-bond donors (Lipinski definition) is 3. The van der Waals surface area contributed by atoms with Crippen molar-refractivity contribution < 1.29 is 23.6 Å². The molecule has 0 atom stereocenters. The summed E-state index contributed by atoms with van der Waals surface area (Å²) in [5.74, 6) is 0. The minimum absolute atomic E-state index is 0.792. The number of rotatable bonds is 2. The van der Waals surface area contributed by atoms with E-state index in [1.165, 1.54) is 0 Å². The van der Waals surface area contributed by atoms with Crippen molar-refractivity contribution in [2.24, 2.45) is 0 Å². The lowest BCUT2D eigenvalue weighted by atomic mass is 10.2. The molecule has 0 saturated heterocycles. The highest BCUT2D eigenvalue weighted by molar-refractivity contribution is 7.46. The molecule has 0 bridgehead atoms. The zero-order valence-corrected chi connectivity index (χ0v) is 8.60. The molecule has 0 saturated carbocycles. The lowest BCUT2D eigenvalue weighted by Gasteiger charge is -1.91. The number of nitrogens with two attached hydrogens (primary N) is 1. The molecule has 0 heterocycles. The number of halogens is 1. The molecule has 0 radical (unpaired) electrons. The van der Waals surface area contributed by atoms with Crippen LogP contribution in [0.4, 0.5) is 10.2 Å². The first kappa shape index (κ1) is 13.8. The maximum absolute atomic E-state index is 10.2. The van der Waals surface area contributed by atoms with Crippen LogP contribution in [0.1, 0.15) is 5.56 Å². The average Bonchev–Trinajstić information content (AvgIpc) is 2.19. The fraction of sp³-hybridized carbons (Fsp3) is 0. The van der Waals surface area contributed by atoms with Crippen molar-refractivity contribution in [2.45, 2.75) is 0 Å². The summed E-state index contributed by atoms with van der Waals surface area (Å²) in [6, 6.07) is 7.58. The summed E-state index contributed by atoms with van der Waals surface area (Å²) in [4.78, 5) is 14.7. The predicted molar refractivity (Wildman–Crippen MR) is 55.2 cm³/mol. The predicted octanol–water partition coefficient (Wildman–Crippen LogP) is 1.89. The minimum atomic E-state index is -4.81. The first-order valence-electron chi connectivity index (χ1n) is 3.73. The summed E-state index contributed by atoms with van der Waals surface area (Å²) in [6.45, 7) is 3.62. The van der Waals surface area contributed by atoms with Gasteiger partial charge < -0.3 is 15.5 Å². The van der Waals surface area contributed by atoms with Gasteiger partial charge in [0.1, 0.15) is 0 Å². The Labute approximate surface area is 86.1 Å². The largest absolute Gasteiger partial charge is 0.500 e. The highest BCUT2D eigenvalue weighted by Crippen LogP contribution is 2.35. The topological polar surface area (TPSA) is 92.8 Å². The van der Waals surface area contributed by atoms with E-state index in [2.05, 4.69) is 11.3 Å². The maximum atomic E-state index is 10.2. The Morgan fingerprint density at radius 1 is 1.40 bits per heavy atom. The quantitative estimate of drug-likeness (QED) is 0.537. The van der Waals surface area contributed by atoms with E-state index >= 15 is 0 Å². The highest BCUT2D eigenvalue weighted by Gasteiger charge is 2.12. The monoisotopic (exact) mass is 235 g/mol. The molecule has 0 aliphatic heterocycles. The van der Waals surface area contributed by atoms with Crippen molar-refractivity contribution in [3.8, 4) is 0 Å². The van der Waals surface area contributed by atoms with Crippen LogP contribution in [0, 0.1) is 0 Å². The zero-order valence-electron chi connectivity index (χ0n) is 7.71. The Bertz CT molecular complexity index is 348. The van der Waals surface area contributed by atoms with E-state index in [1.807, 2.05) is 24.3 Å². The van der Waals surface area contributed by atoms with E-state index in [-0.39, 0.29) is 0 Å². The van der Waals surface area contributed by atoms with Crippen LogP contribution in [0.2, 0.25) is 0 Å². The van der Waals surface area contributed by atoms with Gasteiger partial charge in [0.2, 0.25) is 0 Å². The molecule has 0 spiro atoms. The van der Waals surface area contributed by atoms with E-state index < -0.39 is 7.82 Å². The van der Waals surface area contributed by atoms with Crippen molar-refractivity contribution in [3.05, 3.63) is 36.4 Å². The molecule has 1 aromatic carbocycles. The van der Waals surface area contributed by atoms with Crippen molar-refractivity contribution in [1.82, 2.24) is 0 Å². The van der Waals surface area contributed by atoms with E-state index in [9.17, 15) is 4.53 Å². The third-order valence-electron chi connectivity index (χ3n) is 1.26. The van der Waals surface area contributed by atoms with Gasteiger partial charge in [-0.15, -0.1) is 0 Å². The number of phosphoric acid groups is 1. The fourth-order valence-corrected chi connectivity index (χ4v) is 0.632. The van der Waals surface area contributed by atoms with Gasteiger partial charge in [-0.2, -0.15) is 0 Å². The molecule has 0 fully saturated rings. The first-order valence-corrected chi connectivity index (χ1v) is 5.26. The van der Waals surface area contributed by atoms with E-state index in [1.54, 1.807) is 6.08 Å². The van der Waals surface area contributed by atoms with Crippen LogP contribution in [0.3, 0.4) is 0 Å². The van der Waals surface area contributed by atoms with Gasteiger partial charge in [-0.25, -0.2) is 4.57 Å². The number of hydrogen-bond acceptors (Lipinski definition) is 3. The Kier molecular flexibility index (Phi) is 5.81. The van der Waals surface area contributed by atoms with Gasteiger partial charge >= 0.3 is 7.82 Å². The molecule has 0 unspecified atom stereocenters. The molecule has 15 heavy (non-hydrogen) atoms. The molecular weight excluding hydrogens is 224 g/mol. The second kappa shape index (κ2) is 6.31. The molecule has 5 nitrogen and oxygen atoms in total. The Morgan fingerprint density at radius 2 is 1.80 bits per heavy atom. The number of benzene rings is 1. The van der Waals surface area contributed by atoms with Crippen LogP contribution in [0.25, 0.3) is 6.08 Å². The third-order valence-corrected chi connectivity index (χ3v) is 1.44. The van der Waals surface area contributed by atoms with Gasteiger partial charge in [-0.1, -0.05) is 29.5 Å². The second-order valence-electron chi connectivity index (χ2n) is 2.43. The zero-order chi connectivity index (χ0) is 11.9. The molecule has 1 aromatic rings. The molecule has 0 aromatic heterocycles. The van der Waals surface area contributed by atoms with E-state index in [0.717, 1.165) is 11.3 Å². The summed E-state index contributed by atoms with van der Waals surface area (Å²) in [5.41, 5.74) is 7.34. The molecule has 0 aliphatic carbocycles. The molecule has 4 N–H and O–H groups in total. The molecule has 84 valence electrons. The number of nitrogen functional groups attached to an aromatic ring is 1. The molecule has 0 aliphatic rings. The van der Waals surface area contributed by atoms with Crippen LogP contribution < -0.4 is 5.73 Å². The van der Waals surface area contributed by atoms with Gasteiger partial charge in [0, 0.05) is 5.69 Å².